The molecule has 1 aliphatic carbocycles. The summed E-state index contributed by atoms with van der Waals surface area (Å²) in [7, 11) is 3.78. The SMILES string of the molecule is COCCNCc1cccnc1N(C)CC1CC(O)C1. The fraction of sp³-hybridized carbons (Fsp3) is 0.667. The van der Waals surface area contributed by atoms with Crippen LogP contribution < -0.4 is 10.2 Å². The number of pyridine rings is 1. The lowest BCUT2D eigenvalue weighted by molar-refractivity contribution is 0.0464. The number of nitrogens with one attached hydrogen (secondary N) is 1. The first-order chi connectivity index (χ1) is 9.70. The molecule has 0 saturated heterocycles. The maximum absolute atomic E-state index is 9.37. The summed E-state index contributed by atoms with van der Waals surface area (Å²) in [4.78, 5) is 6.70. The van der Waals surface area contributed by atoms with Gasteiger partial charge in [0.2, 0.25) is 0 Å². The zero-order valence-corrected chi connectivity index (χ0v) is 12.4. The van der Waals surface area contributed by atoms with Gasteiger partial charge < -0.3 is 20.1 Å². The molecular formula is C15H25N3O2. The Hall–Kier alpha value is -1.17. The van der Waals surface area contributed by atoms with Crippen molar-refractivity contribution in [3.8, 4) is 0 Å². The van der Waals surface area contributed by atoms with E-state index in [9.17, 15) is 5.11 Å². The van der Waals surface area contributed by atoms with Crippen LogP contribution in [0.5, 0.6) is 0 Å². The van der Waals surface area contributed by atoms with Crippen LogP contribution in [0.15, 0.2) is 18.3 Å². The first-order valence-corrected chi connectivity index (χ1v) is 7.23. The minimum absolute atomic E-state index is 0.0905. The highest BCUT2D eigenvalue weighted by atomic mass is 16.5. The van der Waals surface area contributed by atoms with Gasteiger partial charge in [-0.05, 0) is 24.8 Å². The molecule has 0 aliphatic heterocycles. The summed E-state index contributed by atoms with van der Waals surface area (Å²) in [6.45, 7) is 3.30. The van der Waals surface area contributed by atoms with Crippen LogP contribution >= 0.6 is 0 Å². The summed E-state index contributed by atoms with van der Waals surface area (Å²) in [5.41, 5.74) is 1.20. The van der Waals surface area contributed by atoms with E-state index in [4.69, 9.17) is 4.74 Å². The molecule has 1 aliphatic rings. The zero-order chi connectivity index (χ0) is 14.4. The van der Waals surface area contributed by atoms with E-state index in [0.717, 1.165) is 38.3 Å². The number of aliphatic hydroxyl groups is 1. The zero-order valence-electron chi connectivity index (χ0n) is 12.4. The molecule has 0 aromatic carbocycles. The quantitative estimate of drug-likeness (QED) is 0.696. The van der Waals surface area contributed by atoms with E-state index in [1.165, 1.54) is 5.56 Å². The van der Waals surface area contributed by atoms with Crippen molar-refractivity contribution in [1.82, 2.24) is 10.3 Å². The first-order valence-electron chi connectivity index (χ1n) is 7.23. The number of methoxy groups -OCH3 is 1. The van der Waals surface area contributed by atoms with Crippen molar-refractivity contribution >= 4 is 5.82 Å². The molecule has 5 nitrogen and oxygen atoms in total. The molecule has 112 valence electrons. The molecule has 1 heterocycles. The third-order valence-electron chi connectivity index (χ3n) is 3.77. The molecule has 0 unspecified atom stereocenters. The standard InChI is InChI=1S/C15H25N3O2/c1-18(11-12-8-14(19)9-12)15-13(4-3-5-17-15)10-16-6-7-20-2/h3-5,12,14,16,19H,6-11H2,1-2H3. The summed E-state index contributed by atoms with van der Waals surface area (Å²) < 4.78 is 5.03. The molecular weight excluding hydrogens is 254 g/mol. The molecule has 2 N–H and O–H groups in total. The maximum Gasteiger partial charge on any atom is 0.132 e. The minimum atomic E-state index is -0.0905. The van der Waals surface area contributed by atoms with Gasteiger partial charge in [0.25, 0.3) is 0 Å². The first kappa shape index (κ1) is 15.2. The lowest BCUT2D eigenvalue weighted by Gasteiger charge is -2.35. The molecule has 0 amide bonds. The van der Waals surface area contributed by atoms with E-state index in [-0.39, 0.29) is 6.10 Å². The smallest absolute Gasteiger partial charge is 0.132 e. The van der Waals surface area contributed by atoms with Gasteiger partial charge in [0.05, 0.1) is 12.7 Å². The van der Waals surface area contributed by atoms with E-state index < -0.39 is 0 Å². The van der Waals surface area contributed by atoms with Gasteiger partial charge in [-0.3, -0.25) is 0 Å². The van der Waals surface area contributed by atoms with Gasteiger partial charge in [0.15, 0.2) is 0 Å². The summed E-state index contributed by atoms with van der Waals surface area (Å²) in [5.74, 6) is 1.62. The number of nitrogens with zero attached hydrogens (tertiary/aromatic N) is 2. The molecule has 1 aromatic heterocycles. The monoisotopic (exact) mass is 279 g/mol. The summed E-state index contributed by atoms with van der Waals surface area (Å²) in [5, 5.41) is 12.7. The molecule has 2 rings (SSSR count). The maximum atomic E-state index is 9.37. The lowest BCUT2D eigenvalue weighted by Crippen LogP contribution is -2.37. The van der Waals surface area contributed by atoms with Gasteiger partial charge in [0.1, 0.15) is 5.82 Å². The normalized spacial score (nSPS) is 21.6. The molecule has 5 heteroatoms. The molecule has 0 atom stereocenters. The second-order valence-corrected chi connectivity index (χ2v) is 5.53. The number of aliphatic hydroxyl groups excluding tert-OH is 1. The Balaban J connectivity index is 1.88. The van der Waals surface area contributed by atoms with Crippen molar-refractivity contribution in [2.75, 3.05) is 38.8 Å². The number of hydrogen-bond donors (Lipinski definition) is 2. The average molecular weight is 279 g/mol. The molecule has 20 heavy (non-hydrogen) atoms. The predicted molar refractivity (Wildman–Crippen MR) is 79.8 cm³/mol. The average Bonchev–Trinajstić information content (AvgIpc) is 2.42. The predicted octanol–water partition coefficient (Wildman–Crippen LogP) is 1.02. The highest BCUT2D eigenvalue weighted by Crippen LogP contribution is 2.29. The van der Waals surface area contributed by atoms with Crippen molar-refractivity contribution in [1.29, 1.82) is 0 Å². The fourth-order valence-corrected chi connectivity index (χ4v) is 2.63. The number of hydrogen-bond acceptors (Lipinski definition) is 5. The molecule has 1 fully saturated rings. The van der Waals surface area contributed by atoms with E-state index in [1.54, 1.807) is 7.11 Å². The minimum Gasteiger partial charge on any atom is -0.393 e. The van der Waals surface area contributed by atoms with Gasteiger partial charge in [-0.15, -0.1) is 0 Å². The Morgan fingerprint density at radius 2 is 2.30 bits per heavy atom. The summed E-state index contributed by atoms with van der Waals surface area (Å²) >= 11 is 0. The van der Waals surface area contributed by atoms with Crippen LogP contribution in [-0.2, 0) is 11.3 Å². The number of rotatable bonds is 8. The Bertz CT molecular complexity index is 408. The Morgan fingerprint density at radius 3 is 3.00 bits per heavy atom. The van der Waals surface area contributed by atoms with Crippen LogP contribution in [0, 0.1) is 5.92 Å². The Kier molecular flexibility index (Phi) is 5.76. The second-order valence-electron chi connectivity index (χ2n) is 5.53. The summed E-state index contributed by atoms with van der Waals surface area (Å²) in [6.07, 6.45) is 3.57. The van der Waals surface area contributed by atoms with Crippen molar-refractivity contribution < 1.29 is 9.84 Å². The van der Waals surface area contributed by atoms with Crippen molar-refractivity contribution in [3.05, 3.63) is 23.9 Å². The highest BCUT2D eigenvalue weighted by Gasteiger charge is 2.28. The molecule has 1 aromatic rings. The van der Waals surface area contributed by atoms with E-state index in [2.05, 4.69) is 28.3 Å². The van der Waals surface area contributed by atoms with Crippen LogP contribution in [0.1, 0.15) is 18.4 Å². The molecule has 0 radical (unpaired) electrons. The van der Waals surface area contributed by atoms with Crippen LogP contribution in [0.3, 0.4) is 0 Å². The number of aromatic nitrogens is 1. The third-order valence-corrected chi connectivity index (χ3v) is 3.77. The lowest BCUT2D eigenvalue weighted by atomic mass is 9.82. The van der Waals surface area contributed by atoms with Crippen LogP contribution in [0.2, 0.25) is 0 Å². The highest BCUT2D eigenvalue weighted by molar-refractivity contribution is 5.46. The fourth-order valence-electron chi connectivity index (χ4n) is 2.63. The van der Waals surface area contributed by atoms with Crippen molar-refractivity contribution in [2.45, 2.75) is 25.5 Å². The number of ether oxygens (including phenoxy) is 1. The van der Waals surface area contributed by atoms with Crippen LogP contribution in [0.25, 0.3) is 0 Å². The Morgan fingerprint density at radius 1 is 1.50 bits per heavy atom. The van der Waals surface area contributed by atoms with Gasteiger partial charge in [-0.25, -0.2) is 4.98 Å². The Labute approximate surface area is 121 Å². The van der Waals surface area contributed by atoms with Crippen LogP contribution in [-0.4, -0.2) is 50.0 Å². The molecule has 0 spiro atoms. The van der Waals surface area contributed by atoms with E-state index in [0.29, 0.717) is 12.5 Å². The van der Waals surface area contributed by atoms with E-state index in [1.807, 2.05) is 12.3 Å². The van der Waals surface area contributed by atoms with Crippen LogP contribution in [0.4, 0.5) is 5.82 Å². The van der Waals surface area contributed by atoms with Gasteiger partial charge in [-0.1, -0.05) is 6.07 Å². The van der Waals surface area contributed by atoms with E-state index >= 15 is 0 Å². The topological polar surface area (TPSA) is 57.6 Å². The second kappa shape index (κ2) is 7.57. The van der Waals surface area contributed by atoms with Crippen molar-refractivity contribution in [3.63, 3.8) is 0 Å². The van der Waals surface area contributed by atoms with Crippen molar-refractivity contribution in [2.24, 2.45) is 5.92 Å². The van der Waals surface area contributed by atoms with Gasteiger partial charge >= 0.3 is 0 Å². The largest absolute Gasteiger partial charge is 0.393 e. The molecule has 0 bridgehead atoms. The van der Waals surface area contributed by atoms with Gasteiger partial charge in [0, 0.05) is 45.6 Å². The van der Waals surface area contributed by atoms with Gasteiger partial charge in [-0.2, -0.15) is 0 Å². The third kappa shape index (κ3) is 4.16. The number of anilines is 1. The molecule has 1 saturated carbocycles. The summed E-state index contributed by atoms with van der Waals surface area (Å²) in [6, 6.07) is 4.08.